The van der Waals surface area contributed by atoms with Gasteiger partial charge in [0.1, 0.15) is 10.7 Å². The number of fused-ring (bicyclic) bond motifs is 6. The summed E-state index contributed by atoms with van der Waals surface area (Å²) in [4.78, 5) is 5.14. The number of benzene rings is 3. The third kappa shape index (κ3) is 3.00. The molecule has 2 aliphatic rings. The van der Waals surface area contributed by atoms with Crippen LogP contribution in [0.1, 0.15) is 22.6 Å². The number of nitrogens with zero attached hydrogens (tertiary/aromatic N) is 3. The number of pyridine rings is 1. The quantitative estimate of drug-likeness (QED) is 0.295. The van der Waals surface area contributed by atoms with Gasteiger partial charge in [-0.25, -0.2) is 9.67 Å². The summed E-state index contributed by atoms with van der Waals surface area (Å²) in [7, 11) is 0. The Morgan fingerprint density at radius 1 is 0.941 bits per heavy atom. The van der Waals surface area contributed by atoms with E-state index in [1.807, 2.05) is 40.7 Å². The van der Waals surface area contributed by atoms with Gasteiger partial charge in [0.05, 0.1) is 23.4 Å². The van der Waals surface area contributed by atoms with Crippen LogP contribution in [0.25, 0.3) is 27.8 Å². The molecule has 0 spiro atoms. The molecule has 0 bridgehead atoms. The van der Waals surface area contributed by atoms with Crippen molar-refractivity contribution in [2.75, 3.05) is 12.4 Å². The van der Waals surface area contributed by atoms with Crippen LogP contribution >= 0.6 is 11.8 Å². The Labute approximate surface area is 202 Å². The molecular weight excluding hydrogens is 438 g/mol. The average Bonchev–Trinajstić information content (AvgIpc) is 3.29. The van der Waals surface area contributed by atoms with Crippen molar-refractivity contribution in [3.8, 4) is 22.8 Å². The normalized spacial score (nSPS) is 18.6. The molecule has 5 heteroatoms. The monoisotopic (exact) mass is 461 g/mol. The second kappa shape index (κ2) is 7.74. The van der Waals surface area contributed by atoms with Gasteiger partial charge in [-0.05, 0) is 36.2 Å². The lowest BCUT2D eigenvalue weighted by molar-refractivity contribution is 0.205. The zero-order chi connectivity index (χ0) is 22.6. The molecular formula is C29H23N3OS. The number of ether oxygens (including phenoxy) is 1. The average molecular weight is 462 g/mol. The molecule has 2 atom stereocenters. The molecule has 2 aliphatic heterocycles. The van der Waals surface area contributed by atoms with E-state index in [9.17, 15) is 0 Å². The summed E-state index contributed by atoms with van der Waals surface area (Å²) in [6.45, 7) is 2.82. The molecule has 0 N–H and O–H groups in total. The minimum absolute atomic E-state index is 0.199. The lowest BCUT2D eigenvalue weighted by Gasteiger charge is -2.36. The van der Waals surface area contributed by atoms with Crippen LogP contribution in [0.3, 0.4) is 0 Å². The molecule has 0 amide bonds. The highest BCUT2D eigenvalue weighted by molar-refractivity contribution is 7.99. The maximum Gasteiger partial charge on any atom is 0.221 e. The molecule has 0 aliphatic carbocycles. The first-order valence-corrected chi connectivity index (χ1v) is 12.7. The van der Waals surface area contributed by atoms with Crippen LogP contribution in [0, 0.1) is 12.8 Å². The Balaban J connectivity index is 1.50. The largest absolute Gasteiger partial charge is 0.477 e. The Bertz CT molecular complexity index is 1530. The van der Waals surface area contributed by atoms with Crippen molar-refractivity contribution in [2.24, 2.45) is 5.92 Å². The molecule has 3 aromatic carbocycles. The maximum absolute atomic E-state index is 6.47. The summed E-state index contributed by atoms with van der Waals surface area (Å²) in [6, 6.07) is 29.6. The number of thioether (sulfide) groups is 1. The van der Waals surface area contributed by atoms with Crippen LogP contribution < -0.4 is 4.74 Å². The van der Waals surface area contributed by atoms with Crippen LogP contribution in [-0.4, -0.2) is 27.1 Å². The summed E-state index contributed by atoms with van der Waals surface area (Å²) in [6.07, 6.45) is 0. The van der Waals surface area contributed by atoms with Crippen molar-refractivity contribution in [3.05, 3.63) is 102 Å². The minimum atomic E-state index is 0.199. The van der Waals surface area contributed by atoms with E-state index in [4.69, 9.17) is 14.8 Å². The first kappa shape index (κ1) is 19.9. The van der Waals surface area contributed by atoms with E-state index < -0.39 is 0 Å². The lowest BCUT2D eigenvalue weighted by Crippen LogP contribution is -2.32. The molecule has 2 aromatic heterocycles. The van der Waals surface area contributed by atoms with Gasteiger partial charge < -0.3 is 4.74 Å². The van der Waals surface area contributed by atoms with Gasteiger partial charge in [0.2, 0.25) is 5.88 Å². The van der Waals surface area contributed by atoms with Crippen LogP contribution in [-0.2, 0) is 0 Å². The van der Waals surface area contributed by atoms with E-state index >= 15 is 0 Å². The summed E-state index contributed by atoms with van der Waals surface area (Å²) < 4.78 is 8.45. The second-order valence-electron chi connectivity index (χ2n) is 9.07. The fourth-order valence-electron chi connectivity index (χ4n) is 5.33. The van der Waals surface area contributed by atoms with Crippen molar-refractivity contribution >= 4 is 22.7 Å². The smallest absolute Gasteiger partial charge is 0.221 e. The summed E-state index contributed by atoms with van der Waals surface area (Å²) >= 11 is 1.86. The molecule has 7 rings (SSSR count). The van der Waals surface area contributed by atoms with Crippen molar-refractivity contribution < 1.29 is 4.74 Å². The maximum atomic E-state index is 6.47. The Morgan fingerprint density at radius 3 is 2.56 bits per heavy atom. The van der Waals surface area contributed by atoms with E-state index in [-0.39, 0.29) is 5.92 Å². The van der Waals surface area contributed by atoms with Gasteiger partial charge in [-0.2, -0.15) is 5.10 Å². The van der Waals surface area contributed by atoms with E-state index in [1.54, 1.807) is 0 Å². The second-order valence-corrected chi connectivity index (χ2v) is 10.1. The number of rotatable bonds is 2. The number of hydrogen-bond donors (Lipinski definition) is 0. The van der Waals surface area contributed by atoms with Crippen molar-refractivity contribution in [1.29, 1.82) is 0 Å². The highest BCUT2D eigenvalue weighted by Gasteiger charge is 2.42. The molecule has 4 heterocycles. The standard InChI is InChI=1S/C29H23N3OS/c1-18-9-8-12-20-15-23-24-21(17-34-28(23)30-26(18)20)16-33-29-25(24)27(19-10-4-2-5-11-19)31-32(29)22-13-6-3-7-14-22/h2-15,21,24H,16-17H2,1H3. The first-order chi connectivity index (χ1) is 16.8. The molecule has 0 fully saturated rings. The Hall–Kier alpha value is -3.57. The summed E-state index contributed by atoms with van der Waals surface area (Å²) in [5.41, 5.74) is 7.92. The third-order valence-corrected chi connectivity index (χ3v) is 8.15. The Kier molecular flexibility index (Phi) is 4.52. The van der Waals surface area contributed by atoms with Gasteiger partial charge >= 0.3 is 0 Å². The molecule has 4 nitrogen and oxygen atoms in total. The number of para-hydroxylation sites is 2. The van der Waals surface area contributed by atoms with Gasteiger partial charge in [0.15, 0.2) is 0 Å². The van der Waals surface area contributed by atoms with E-state index in [0.717, 1.165) is 39.1 Å². The molecule has 0 radical (unpaired) electrons. The zero-order valence-electron chi connectivity index (χ0n) is 18.8. The predicted octanol–water partition coefficient (Wildman–Crippen LogP) is 6.64. The van der Waals surface area contributed by atoms with Crippen LogP contribution in [0.2, 0.25) is 0 Å². The van der Waals surface area contributed by atoms with Gasteiger partial charge in [-0.3, -0.25) is 0 Å². The van der Waals surface area contributed by atoms with E-state index in [2.05, 4.69) is 67.6 Å². The van der Waals surface area contributed by atoms with Crippen LogP contribution in [0.5, 0.6) is 5.88 Å². The van der Waals surface area contributed by atoms with Gasteiger partial charge in [0, 0.05) is 28.5 Å². The zero-order valence-corrected chi connectivity index (χ0v) is 19.6. The fraction of sp³-hybridized carbons (Fsp3) is 0.172. The SMILES string of the molecule is Cc1cccc2cc3c(nc12)SCC1COc2c(c(-c4ccccc4)nn2-c2ccccc2)C31. The molecule has 166 valence electrons. The number of hydrogen-bond acceptors (Lipinski definition) is 4. The molecule has 2 unspecified atom stereocenters. The highest BCUT2D eigenvalue weighted by Crippen LogP contribution is 2.52. The fourth-order valence-corrected chi connectivity index (χ4v) is 6.50. The van der Waals surface area contributed by atoms with E-state index in [1.165, 1.54) is 22.1 Å². The molecule has 0 saturated heterocycles. The van der Waals surface area contributed by atoms with Gasteiger partial charge in [-0.15, -0.1) is 11.8 Å². The number of aromatic nitrogens is 3. The van der Waals surface area contributed by atoms with Crippen LogP contribution in [0.4, 0.5) is 0 Å². The molecule has 0 saturated carbocycles. The minimum Gasteiger partial charge on any atom is -0.477 e. The van der Waals surface area contributed by atoms with E-state index in [0.29, 0.717) is 12.5 Å². The summed E-state index contributed by atoms with van der Waals surface area (Å²) in [5.74, 6) is 2.43. The number of aryl methyl sites for hydroxylation is 1. The Morgan fingerprint density at radius 2 is 1.74 bits per heavy atom. The summed E-state index contributed by atoms with van der Waals surface area (Å²) in [5, 5.41) is 7.48. The van der Waals surface area contributed by atoms with Crippen LogP contribution in [0.15, 0.2) is 90.0 Å². The highest BCUT2D eigenvalue weighted by atomic mass is 32.2. The molecule has 5 aromatic rings. The topological polar surface area (TPSA) is 39.9 Å². The van der Waals surface area contributed by atoms with Crippen molar-refractivity contribution in [1.82, 2.24) is 14.8 Å². The predicted molar refractivity (Wildman–Crippen MR) is 137 cm³/mol. The van der Waals surface area contributed by atoms with Gasteiger partial charge in [0.25, 0.3) is 0 Å². The first-order valence-electron chi connectivity index (χ1n) is 11.7. The molecule has 34 heavy (non-hydrogen) atoms. The third-order valence-electron chi connectivity index (χ3n) is 6.95. The van der Waals surface area contributed by atoms with Crippen molar-refractivity contribution in [3.63, 3.8) is 0 Å². The van der Waals surface area contributed by atoms with Crippen molar-refractivity contribution in [2.45, 2.75) is 17.9 Å². The lowest BCUT2D eigenvalue weighted by atomic mass is 9.79. The van der Waals surface area contributed by atoms with Gasteiger partial charge in [-0.1, -0.05) is 66.7 Å².